The van der Waals surface area contributed by atoms with Gasteiger partial charge in [0.1, 0.15) is 5.75 Å². The molecule has 34 heavy (non-hydrogen) atoms. The number of hydrogen-bond donors (Lipinski definition) is 1. The van der Waals surface area contributed by atoms with E-state index in [0.717, 1.165) is 4.90 Å². The minimum atomic E-state index is -5.06. The number of carbonyl (C=O) groups excluding carboxylic acids is 1. The minimum absolute atomic E-state index is 0.00355. The van der Waals surface area contributed by atoms with Crippen molar-refractivity contribution >= 4 is 21.8 Å². The first-order chi connectivity index (χ1) is 15.5. The van der Waals surface area contributed by atoms with E-state index in [0.29, 0.717) is 17.7 Å². The van der Waals surface area contributed by atoms with E-state index in [9.17, 15) is 39.6 Å². The number of nitrogens with zero attached hydrogens (tertiary/aromatic N) is 1. The molecule has 2 aromatic rings. The van der Waals surface area contributed by atoms with Crippen molar-refractivity contribution in [1.29, 1.82) is 0 Å². The Labute approximate surface area is 192 Å². The molecule has 2 rings (SSSR count). The second-order valence-electron chi connectivity index (χ2n) is 7.52. The molecule has 6 nitrogen and oxygen atoms in total. The van der Waals surface area contributed by atoms with Crippen LogP contribution in [0.5, 0.6) is 5.75 Å². The summed E-state index contributed by atoms with van der Waals surface area (Å²) in [6, 6.07) is 5.11. The number of urea groups is 1. The van der Waals surface area contributed by atoms with Gasteiger partial charge in [0.25, 0.3) is 0 Å². The lowest BCUT2D eigenvalue weighted by molar-refractivity contribution is -0.143. The molecule has 2 amide bonds. The van der Waals surface area contributed by atoms with Crippen LogP contribution in [-0.2, 0) is 29.0 Å². The average molecular weight is 512 g/mol. The van der Waals surface area contributed by atoms with Crippen LogP contribution in [0.2, 0.25) is 0 Å². The van der Waals surface area contributed by atoms with Crippen LogP contribution in [0.4, 0.5) is 36.8 Å². The summed E-state index contributed by atoms with van der Waals surface area (Å²) in [6.07, 6.45) is -10.1. The number of alkyl halides is 6. The fourth-order valence-electron chi connectivity index (χ4n) is 2.81. The van der Waals surface area contributed by atoms with E-state index >= 15 is 0 Å². The number of halogens is 6. The van der Waals surface area contributed by atoms with Crippen LogP contribution >= 0.6 is 0 Å². The van der Waals surface area contributed by atoms with Crippen molar-refractivity contribution < 1.29 is 43.7 Å². The van der Waals surface area contributed by atoms with Gasteiger partial charge in [-0.2, -0.15) is 34.8 Å². The van der Waals surface area contributed by atoms with Crippen LogP contribution in [-0.4, -0.2) is 31.1 Å². The quantitative estimate of drug-likeness (QED) is 0.371. The van der Waals surface area contributed by atoms with Crippen LogP contribution < -0.4 is 9.50 Å². The molecule has 0 heterocycles. The molecule has 0 spiro atoms. The molecule has 1 N–H and O–H groups in total. The topological polar surface area (TPSA) is 75.7 Å². The number of nitrogens with one attached hydrogen (secondary N) is 1. The van der Waals surface area contributed by atoms with E-state index in [-0.39, 0.29) is 24.1 Å². The highest BCUT2D eigenvalue weighted by Crippen LogP contribution is 2.37. The fraction of sp³-hybridized carbons (Fsp3) is 0.381. The molecule has 0 aromatic heterocycles. The summed E-state index contributed by atoms with van der Waals surface area (Å²) in [5, 5.41) is 2.09. The summed E-state index contributed by atoms with van der Waals surface area (Å²) in [6.45, 7) is 4.45. The van der Waals surface area contributed by atoms with Gasteiger partial charge in [-0.25, -0.2) is 4.79 Å². The van der Waals surface area contributed by atoms with E-state index in [1.54, 1.807) is 19.9 Å². The van der Waals surface area contributed by atoms with Gasteiger partial charge in [0.05, 0.1) is 16.9 Å². The zero-order valence-corrected chi connectivity index (χ0v) is 19.1. The second kappa shape index (κ2) is 10.1. The van der Waals surface area contributed by atoms with Crippen molar-refractivity contribution in [3.05, 3.63) is 59.2 Å². The van der Waals surface area contributed by atoms with Crippen LogP contribution in [0.25, 0.3) is 0 Å². The molecular formula is C21H22F6N2O4S. The van der Waals surface area contributed by atoms with Crippen molar-refractivity contribution in [2.24, 2.45) is 0 Å². The first-order valence-electron chi connectivity index (χ1n) is 9.90. The number of benzene rings is 2. The Balaban J connectivity index is 2.31. The van der Waals surface area contributed by atoms with E-state index in [2.05, 4.69) is 5.32 Å². The third kappa shape index (κ3) is 7.54. The molecule has 0 saturated carbocycles. The summed E-state index contributed by atoms with van der Waals surface area (Å²) in [5.74, 6) is -0.273. The Morgan fingerprint density at radius 2 is 1.56 bits per heavy atom. The zero-order valence-electron chi connectivity index (χ0n) is 18.3. The van der Waals surface area contributed by atoms with Gasteiger partial charge >= 0.3 is 28.5 Å². The number of carbonyl (C=O) groups is 1. The Hall–Kier alpha value is -2.96. The van der Waals surface area contributed by atoms with E-state index in [4.69, 9.17) is 4.18 Å². The Morgan fingerprint density at radius 3 is 2.03 bits per heavy atom. The van der Waals surface area contributed by atoms with Gasteiger partial charge in [-0.05, 0) is 56.7 Å². The second-order valence-corrected chi connectivity index (χ2v) is 9.38. The number of rotatable bonds is 7. The third-order valence-corrected chi connectivity index (χ3v) is 5.70. The molecular weight excluding hydrogens is 490 g/mol. The summed E-state index contributed by atoms with van der Waals surface area (Å²) < 4.78 is 107. The van der Waals surface area contributed by atoms with Crippen molar-refractivity contribution in [1.82, 2.24) is 4.90 Å². The molecule has 13 heteroatoms. The lowest BCUT2D eigenvalue weighted by Crippen LogP contribution is -2.39. The first kappa shape index (κ1) is 27.3. The summed E-state index contributed by atoms with van der Waals surface area (Å²) in [5.41, 5.74) is -3.37. The first-order valence-corrected chi connectivity index (χ1v) is 11.5. The van der Waals surface area contributed by atoms with E-state index in [1.807, 2.05) is 0 Å². The van der Waals surface area contributed by atoms with Crippen molar-refractivity contribution in [3.8, 4) is 5.75 Å². The standard InChI is InChI=1S/C21H22F6N2O4S/c1-4-34(31,32)33-18-7-5-6-14(8-18)12-29(13(2)3)19(30)28-17-10-15(20(22,23)24)9-16(11-17)21(25,26)27/h5-11,13H,4,12H2,1-3H3,(H,28,30). The maximum atomic E-state index is 13.1. The fourth-order valence-corrected chi connectivity index (χ4v) is 3.32. The van der Waals surface area contributed by atoms with Gasteiger partial charge in [-0.15, -0.1) is 0 Å². The van der Waals surface area contributed by atoms with Gasteiger partial charge in [0, 0.05) is 18.3 Å². The maximum Gasteiger partial charge on any atom is 0.416 e. The largest absolute Gasteiger partial charge is 0.416 e. The molecule has 0 aliphatic rings. The zero-order chi connectivity index (χ0) is 25.9. The highest BCUT2D eigenvalue weighted by Gasteiger charge is 2.37. The third-order valence-electron chi connectivity index (χ3n) is 4.55. The molecule has 0 aliphatic carbocycles. The van der Waals surface area contributed by atoms with Gasteiger partial charge in [-0.1, -0.05) is 12.1 Å². The van der Waals surface area contributed by atoms with Crippen LogP contribution in [0, 0.1) is 0 Å². The number of amides is 2. The van der Waals surface area contributed by atoms with Gasteiger partial charge < -0.3 is 14.4 Å². The molecule has 0 radical (unpaired) electrons. The van der Waals surface area contributed by atoms with Crippen molar-refractivity contribution in [3.63, 3.8) is 0 Å². The molecule has 2 aromatic carbocycles. The summed E-state index contributed by atoms with van der Waals surface area (Å²) >= 11 is 0. The Kier molecular flexibility index (Phi) is 8.12. The van der Waals surface area contributed by atoms with E-state index in [1.165, 1.54) is 25.1 Å². The Bertz CT molecular complexity index is 1100. The average Bonchev–Trinajstić information content (AvgIpc) is 2.70. The van der Waals surface area contributed by atoms with E-state index < -0.39 is 51.4 Å². The minimum Gasteiger partial charge on any atom is -0.382 e. The maximum absolute atomic E-state index is 13.1. The Morgan fingerprint density at radius 1 is 1.00 bits per heavy atom. The number of hydrogen-bond acceptors (Lipinski definition) is 4. The lowest BCUT2D eigenvalue weighted by atomic mass is 10.1. The summed E-state index contributed by atoms with van der Waals surface area (Å²) in [7, 11) is -3.80. The van der Waals surface area contributed by atoms with Gasteiger partial charge in [-0.3, -0.25) is 0 Å². The molecule has 0 bridgehead atoms. The predicted octanol–water partition coefficient (Wildman–Crippen LogP) is 5.90. The number of anilines is 1. The normalized spacial score (nSPS) is 12.5. The lowest BCUT2D eigenvalue weighted by Gasteiger charge is -2.27. The molecule has 0 unspecified atom stereocenters. The molecule has 0 saturated heterocycles. The van der Waals surface area contributed by atoms with Crippen molar-refractivity contribution in [2.75, 3.05) is 11.1 Å². The summed E-state index contributed by atoms with van der Waals surface area (Å²) in [4.78, 5) is 13.9. The van der Waals surface area contributed by atoms with Crippen LogP contribution in [0.15, 0.2) is 42.5 Å². The van der Waals surface area contributed by atoms with Crippen LogP contribution in [0.3, 0.4) is 0 Å². The van der Waals surface area contributed by atoms with Crippen LogP contribution in [0.1, 0.15) is 37.5 Å². The monoisotopic (exact) mass is 512 g/mol. The van der Waals surface area contributed by atoms with Crippen molar-refractivity contribution in [2.45, 2.75) is 45.7 Å². The SMILES string of the molecule is CCS(=O)(=O)Oc1cccc(CN(C(=O)Nc2cc(C(F)(F)F)cc(C(F)(F)F)c2)C(C)C)c1. The molecule has 0 aliphatic heterocycles. The predicted molar refractivity (Wildman–Crippen MR) is 113 cm³/mol. The highest BCUT2D eigenvalue weighted by atomic mass is 32.2. The molecule has 0 atom stereocenters. The smallest absolute Gasteiger partial charge is 0.382 e. The van der Waals surface area contributed by atoms with Gasteiger partial charge in [0.15, 0.2) is 0 Å². The van der Waals surface area contributed by atoms with Gasteiger partial charge in [0.2, 0.25) is 0 Å². The molecule has 0 fully saturated rings. The highest BCUT2D eigenvalue weighted by molar-refractivity contribution is 7.87. The molecule has 188 valence electrons.